The number of carbonyl (C=O) groups is 3. The zero-order valence-corrected chi connectivity index (χ0v) is 15.1. The van der Waals surface area contributed by atoms with Crippen molar-refractivity contribution in [1.82, 2.24) is 10.6 Å². The maximum atomic E-state index is 12.7. The van der Waals surface area contributed by atoms with Crippen molar-refractivity contribution in [2.24, 2.45) is 0 Å². The number of nitrogens with one attached hydrogen (secondary N) is 2. The van der Waals surface area contributed by atoms with Crippen LogP contribution < -0.4 is 10.6 Å². The fourth-order valence-electron chi connectivity index (χ4n) is 2.73. The molecule has 2 amide bonds. The molecule has 1 aliphatic carbocycles. The first-order chi connectivity index (χ1) is 13.1. The second kappa shape index (κ2) is 9.43. The molecule has 2 aliphatic rings. The molecule has 1 aliphatic heterocycles. The minimum absolute atomic E-state index is 0.0810. The Balaban J connectivity index is 1.77. The third-order valence-electron chi connectivity index (χ3n) is 4.40. The summed E-state index contributed by atoms with van der Waals surface area (Å²) in [6.07, 6.45) is 5.52. The first-order valence-corrected chi connectivity index (χ1v) is 9.19. The third kappa shape index (κ3) is 5.74. The molecular weight excluding hydrogens is 348 g/mol. The van der Waals surface area contributed by atoms with Crippen LogP contribution in [0.3, 0.4) is 0 Å². The number of benzene rings is 1. The van der Waals surface area contributed by atoms with Gasteiger partial charge >= 0.3 is 0 Å². The highest BCUT2D eigenvalue weighted by molar-refractivity contribution is 6.38. The summed E-state index contributed by atoms with van der Waals surface area (Å²) >= 11 is 0. The molecule has 1 aromatic rings. The number of carbonyl (C=O) groups excluding carboxylic acids is 3. The van der Waals surface area contributed by atoms with Crippen LogP contribution in [0.4, 0.5) is 0 Å². The second-order valence-corrected chi connectivity index (χ2v) is 6.63. The van der Waals surface area contributed by atoms with Crippen molar-refractivity contribution in [3.05, 3.63) is 47.5 Å². The van der Waals surface area contributed by atoms with Crippen LogP contribution >= 0.6 is 0 Å². The molecule has 27 heavy (non-hydrogen) atoms. The summed E-state index contributed by atoms with van der Waals surface area (Å²) in [4.78, 5) is 37.4. The summed E-state index contributed by atoms with van der Waals surface area (Å²) in [5.74, 6) is -1.68. The first-order valence-electron chi connectivity index (χ1n) is 9.19. The number of rotatable bonds is 3. The summed E-state index contributed by atoms with van der Waals surface area (Å²) in [6.45, 7) is 1.50. The fraction of sp³-hybridized carbons (Fsp3) is 0.450. The predicted octanol–water partition coefficient (Wildman–Crippen LogP) is 1.13. The predicted molar refractivity (Wildman–Crippen MR) is 98.1 cm³/mol. The van der Waals surface area contributed by atoms with Crippen molar-refractivity contribution in [2.75, 3.05) is 19.8 Å². The summed E-state index contributed by atoms with van der Waals surface area (Å²) in [5.41, 5.74) is 1.15. The van der Waals surface area contributed by atoms with E-state index in [2.05, 4.69) is 10.6 Å². The van der Waals surface area contributed by atoms with E-state index in [1.165, 1.54) is 0 Å². The Hall–Kier alpha value is -2.51. The average Bonchev–Trinajstić information content (AvgIpc) is 3.48. The molecule has 0 spiro atoms. The molecule has 0 bridgehead atoms. The molecule has 7 heteroatoms. The molecular formula is C20H24N2O5. The van der Waals surface area contributed by atoms with Gasteiger partial charge in [0.05, 0.1) is 26.4 Å². The van der Waals surface area contributed by atoms with Crippen LogP contribution in [-0.4, -0.2) is 49.5 Å². The van der Waals surface area contributed by atoms with Gasteiger partial charge in [0.2, 0.25) is 5.78 Å². The van der Waals surface area contributed by atoms with Crippen LogP contribution in [0.25, 0.3) is 0 Å². The number of fused-ring (bicyclic) bond motifs is 1. The minimum atomic E-state index is -0.926. The Morgan fingerprint density at radius 2 is 1.85 bits per heavy atom. The maximum Gasteiger partial charge on any atom is 0.289 e. The quantitative estimate of drug-likeness (QED) is 0.613. The number of ether oxygens (including phenoxy) is 2. The van der Waals surface area contributed by atoms with Crippen LogP contribution in [0.5, 0.6) is 0 Å². The van der Waals surface area contributed by atoms with Gasteiger partial charge in [-0.3, -0.25) is 14.4 Å². The van der Waals surface area contributed by atoms with Crippen molar-refractivity contribution >= 4 is 17.6 Å². The largest absolute Gasteiger partial charge is 0.375 e. The van der Waals surface area contributed by atoms with Crippen LogP contribution in [0.1, 0.15) is 35.2 Å². The SMILES string of the molecule is O=C(NC1CC1)C(=O)[C@@H]1C/C=C/COCCOCc2ccccc2C(=O)N1. The number of amides is 2. The normalized spacial score (nSPS) is 22.7. The van der Waals surface area contributed by atoms with E-state index in [1.807, 2.05) is 6.07 Å². The number of hydrogen-bond donors (Lipinski definition) is 2. The Bertz CT molecular complexity index is 727. The van der Waals surface area contributed by atoms with Gasteiger partial charge in [0, 0.05) is 11.6 Å². The molecule has 1 aromatic carbocycles. The van der Waals surface area contributed by atoms with E-state index in [1.54, 1.807) is 30.4 Å². The second-order valence-electron chi connectivity index (χ2n) is 6.63. The van der Waals surface area contributed by atoms with Gasteiger partial charge in [0.15, 0.2) is 0 Å². The van der Waals surface area contributed by atoms with Gasteiger partial charge in [0.25, 0.3) is 11.8 Å². The maximum absolute atomic E-state index is 12.7. The molecule has 1 fully saturated rings. The molecule has 1 atom stereocenters. The molecule has 3 rings (SSSR count). The highest BCUT2D eigenvalue weighted by Crippen LogP contribution is 2.18. The van der Waals surface area contributed by atoms with Crippen molar-refractivity contribution in [3.63, 3.8) is 0 Å². The Labute approximate surface area is 158 Å². The topological polar surface area (TPSA) is 93.7 Å². The summed E-state index contributed by atoms with van der Waals surface area (Å²) in [7, 11) is 0. The molecule has 0 saturated heterocycles. The zero-order chi connectivity index (χ0) is 19.1. The standard InChI is InChI=1S/C20H24N2O5/c23-18(20(25)21-15-8-9-15)17-7-3-4-10-26-11-12-27-13-14-5-1-2-6-16(14)19(24)22-17/h1-6,15,17H,7-13H2,(H,21,25)(H,22,24)/b4-3+/t17-/m0/s1. The monoisotopic (exact) mass is 372 g/mol. The summed E-state index contributed by atoms with van der Waals surface area (Å²) in [5, 5.41) is 5.39. The van der Waals surface area contributed by atoms with E-state index in [9.17, 15) is 14.4 Å². The molecule has 0 radical (unpaired) electrons. The molecule has 144 valence electrons. The molecule has 0 unspecified atom stereocenters. The minimum Gasteiger partial charge on any atom is -0.375 e. The Morgan fingerprint density at radius 1 is 1.07 bits per heavy atom. The van der Waals surface area contributed by atoms with Crippen molar-refractivity contribution in [3.8, 4) is 0 Å². The van der Waals surface area contributed by atoms with E-state index in [0.29, 0.717) is 25.4 Å². The number of hydrogen-bond acceptors (Lipinski definition) is 5. The lowest BCUT2D eigenvalue weighted by Crippen LogP contribution is -2.48. The van der Waals surface area contributed by atoms with Crippen LogP contribution in [0, 0.1) is 0 Å². The third-order valence-corrected chi connectivity index (χ3v) is 4.40. The van der Waals surface area contributed by atoms with E-state index in [0.717, 1.165) is 18.4 Å². The van der Waals surface area contributed by atoms with E-state index in [-0.39, 0.29) is 19.1 Å². The fourth-order valence-corrected chi connectivity index (χ4v) is 2.73. The highest BCUT2D eigenvalue weighted by atomic mass is 16.5. The highest BCUT2D eigenvalue weighted by Gasteiger charge is 2.31. The van der Waals surface area contributed by atoms with Gasteiger partial charge < -0.3 is 20.1 Å². The summed E-state index contributed by atoms with van der Waals surface area (Å²) in [6, 6.07) is 6.21. The molecule has 1 heterocycles. The van der Waals surface area contributed by atoms with Crippen molar-refractivity contribution in [2.45, 2.75) is 38.0 Å². The van der Waals surface area contributed by atoms with E-state index in [4.69, 9.17) is 9.47 Å². The molecule has 2 N–H and O–H groups in total. The first kappa shape index (κ1) is 19.3. The van der Waals surface area contributed by atoms with E-state index >= 15 is 0 Å². The van der Waals surface area contributed by atoms with Crippen molar-refractivity contribution in [1.29, 1.82) is 0 Å². The average molecular weight is 372 g/mol. The van der Waals surface area contributed by atoms with Crippen LogP contribution in [0.15, 0.2) is 36.4 Å². The van der Waals surface area contributed by atoms with Crippen LogP contribution in [0.2, 0.25) is 0 Å². The van der Waals surface area contributed by atoms with Gasteiger partial charge in [-0.1, -0.05) is 30.4 Å². The van der Waals surface area contributed by atoms with Gasteiger partial charge in [-0.05, 0) is 30.9 Å². The van der Waals surface area contributed by atoms with Crippen molar-refractivity contribution < 1.29 is 23.9 Å². The van der Waals surface area contributed by atoms with Gasteiger partial charge in [-0.25, -0.2) is 0 Å². The molecule has 0 aromatic heterocycles. The van der Waals surface area contributed by atoms with Gasteiger partial charge in [-0.2, -0.15) is 0 Å². The molecule has 7 nitrogen and oxygen atoms in total. The lowest BCUT2D eigenvalue weighted by Gasteiger charge is -2.18. The lowest BCUT2D eigenvalue weighted by atomic mass is 10.0. The number of Topliss-reactive ketones (excluding diaryl/α,β-unsaturated/α-hetero) is 1. The Kier molecular flexibility index (Phi) is 6.73. The smallest absolute Gasteiger partial charge is 0.289 e. The van der Waals surface area contributed by atoms with Gasteiger partial charge in [0.1, 0.15) is 6.04 Å². The number of ketones is 1. The van der Waals surface area contributed by atoms with Crippen LogP contribution in [-0.2, 0) is 25.7 Å². The lowest BCUT2D eigenvalue weighted by molar-refractivity contribution is -0.139. The van der Waals surface area contributed by atoms with Gasteiger partial charge in [-0.15, -0.1) is 0 Å². The molecule has 1 saturated carbocycles. The summed E-state index contributed by atoms with van der Waals surface area (Å²) < 4.78 is 11.0. The van der Waals surface area contributed by atoms with E-state index < -0.39 is 23.6 Å². The Morgan fingerprint density at radius 3 is 2.67 bits per heavy atom. The zero-order valence-electron chi connectivity index (χ0n) is 15.1.